The normalized spacial score (nSPS) is 13.9. The summed E-state index contributed by atoms with van der Waals surface area (Å²) in [7, 11) is 0. The molecule has 1 amide bonds. The van der Waals surface area contributed by atoms with Gasteiger partial charge >= 0.3 is 5.97 Å². The lowest BCUT2D eigenvalue weighted by atomic mass is 10.1. The van der Waals surface area contributed by atoms with E-state index in [-0.39, 0.29) is 11.7 Å². The lowest BCUT2D eigenvalue weighted by molar-refractivity contribution is -0.139. The highest BCUT2D eigenvalue weighted by Gasteiger charge is 2.22. The Labute approximate surface area is 156 Å². The van der Waals surface area contributed by atoms with Crippen LogP contribution in [0.2, 0.25) is 0 Å². The van der Waals surface area contributed by atoms with Gasteiger partial charge in [0.05, 0.1) is 0 Å². The first-order valence-corrected chi connectivity index (χ1v) is 8.60. The second kappa shape index (κ2) is 8.31. The number of carboxylic acid groups (broad SMARTS) is 1. The Hall–Kier alpha value is -3.41. The third kappa shape index (κ3) is 4.82. The van der Waals surface area contributed by atoms with Gasteiger partial charge in [0.15, 0.2) is 12.4 Å². The van der Waals surface area contributed by atoms with Crippen LogP contribution in [0.5, 0.6) is 5.75 Å². The van der Waals surface area contributed by atoms with Crippen molar-refractivity contribution < 1.29 is 24.2 Å². The van der Waals surface area contributed by atoms with Crippen LogP contribution in [0.3, 0.4) is 0 Å². The molecule has 3 rings (SSSR count). The standard InChI is InChI=1S/C21H19NO5/c23-19(11-8-15-6-9-18(10-7-15)27-14-21(25)26)16-3-1-4-17(13-16)22-12-2-5-20(22)24/h1,3-4,6-11,13H,2,5,12,14H2,(H,25,26). The summed E-state index contributed by atoms with van der Waals surface area (Å²) in [6.45, 7) is 0.284. The van der Waals surface area contributed by atoms with E-state index < -0.39 is 12.6 Å². The summed E-state index contributed by atoms with van der Waals surface area (Å²) in [6, 6.07) is 13.8. The maximum atomic E-state index is 12.4. The second-order valence-electron chi connectivity index (χ2n) is 6.15. The summed E-state index contributed by atoms with van der Waals surface area (Å²) in [4.78, 5) is 36.5. The number of hydrogen-bond donors (Lipinski definition) is 1. The zero-order valence-electron chi connectivity index (χ0n) is 14.6. The van der Waals surface area contributed by atoms with Crippen LogP contribution in [0.15, 0.2) is 54.6 Å². The van der Waals surface area contributed by atoms with E-state index >= 15 is 0 Å². The highest BCUT2D eigenvalue weighted by molar-refractivity contribution is 6.08. The van der Waals surface area contributed by atoms with E-state index in [1.54, 1.807) is 53.4 Å². The summed E-state index contributed by atoms with van der Waals surface area (Å²) < 4.78 is 5.07. The number of amides is 1. The Balaban J connectivity index is 1.66. The number of benzene rings is 2. The Bertz CT molecular complexity index is 886. The van der Waals surface area contributed by atoms with E-state index in [1.807, 2.05) is 6.07 Å². The number of ketones is 1. The first-order chi connectivity index (χ1) is 13.0. The molecule has 1 heterocycles. The lowest BCUT2D eigenvalue weighted by Crippen LogP contribution is -2.23. The Morgan fingerprint density at radius 1 is 1.15 bits per heavy atom. The summed E-state index contributed by atoms with van der Waals surface area (Å²) in [5.74, 6) is -0.665. The molecule has 1 aliphatic rings. The number of anilines is 1. The Morgan fingerprint density at radius 3 is 2.59 bits per heavy atom. The van der Waals surface area contributed by atoms with Gasteiger partial charge in [0, 0.05) is 24.2 Å². The molecule has 138 valence electrons. The molecule has 0 bridgehead atoms. The fourth-order valence-corrected chi connectivity index (χ4v) is 2.84. The van der Waals surface area contributed by atoms with Crippen molar-refractivity contribution >= 4 is 29.4 Å². The molecule has 2 aromatic rings. The zero-order chi connectivity index (χ0) is 19.2. The predicted octanol–water partition coefficient (Wildman–Crippen LogP) is 3.17. The van der Waals surface area contributed by atoms with Crippen molar-refractivity contribution in [1.29, 1.82) is 0 Å². The molecule has 1 N–H and O–H groups in total. The van der Waals surface area contributed by atoms with Crippen LogP contribution in [-0.2, 0) is 9.59 Å². The van der Waals surface area contributed by atoms with Crippen LogP contribution in [-0.4, -0.2) is 35.9 Å². The lowest BCUT2D eigenvalue weighted by Gasteiger charge is -2.16. The summed E-state index contributed by atoms with van der Waals surface area (Å²) >= 11 is 0. The van der Waals surface area contributed by atoms with Crippen molar-refractivity contribution in [1.82, 2.24) is 0 Å². The Kier molecular flexibility index (Phi) is 5.66. The van der Waals surface area contributed by atoms with E-state index in [0.29, 0.717) is 24.3 Å². The van der Waals surface area contributed by atoms with Crippen molar-refractivity contribution in [3.8, 4) is 5.75 Å². The molecule has 27 heavy (non-hydrogen) atoms. The predicted molar refractivity (Wildman–Crippen MR) is 101 cm³/mol. The van der Waals surface area contributed by atoms with E-state index in [1.165, 1.54) is 6.08 Å². The molecule has 0 saturated carbocycles. The molecule has 2 aromatic carbocycles. The smallest absolute Gasteiger partial charge is 0.341 e. The van der Waals surface area contributed by atoms with E-state index in [2.05, 4.69) is 0 Å². The molecule has 0 unspecified atom stereocenters. The minimum Gasteiger partial charge on any atom is -0.482 e. The number of allylic oxidation sites excluding steroid dienone is 1. The fraction of sp³-hybridized carbons (Fsp3) is 0.190. The molecule has 0 atom stereocenters. The average molecular weight is 365 g/mol. The van der Waals surface area contributed by atoms with Crippen LogP contribution in [0, 0.1) is 0 Å². The molecule has 0 aliphatic carbocycles. The largest absolute Gasteiger partial charge is 0.482 e. The molecular formula is C21H19NO5. The van der Waals surface area contributed by atoms with E-state index in [0.717, 1.165) is 17.7 Å². The van der Waals surface area contributed by atoms with Gasteiger partial charge in [0.2, 0.25) is 5.91 Å². The third-order valence-corrected chi connectivity index (χ3v) is 4.19. The van der Waals surface area contributed by atoms with Crippen LogP contribution >= 0.6 is 0 Å². The second-order valence-corrected chi connectivity index (χ2v) is 6.15. The first kappa shape index (κ1) is 18.4. The number of carbonyl (C=O) groups excluding carboxylic acids is 2. The van der Waals surface area contributed by atoms with Crippen LogP contribution < -0.4 is 9.64 Å². The molecule has 1 saturated heterocycles. The number of carboxylic acids is 1. The van der Waals surface area contributed by atoms with Crippen molar-refractivity contribution in [3.63, 3.8) is 0 Å². The maximum Gasteiger partial charge on any atom is 0.341 e. The van der Waals surface area contributed by atoms with Crippen molar-refractivity contribution in [2.24, 2.45) is 0 Å². The number of rotatable bonds is 7. The Morgan fingerprint density at radius 2 is 1.93 bits per heavy atom. The minimum absolute atomic E-state index is 0.0837. The van der Waals surface area contributed by atoms with Gasteiger partial charge in [-0.1, -0.05) is 30.3 Å². The highest BCUT2D eigenvalue weighted by Crippen LogP contribution is 2.22. The van der Waals surface area contributed by atoms with Crippen LogP contribution in [0.4, 0.5) is 5.69 Å². The molecule has 6 heteroatoms. The molecule has 0 aromatic heterocycles. The summed E-state index contributed by atoms with van der Waals surface area (Å²) in [5.41, 5.74) is 2.05. The molecule has 1 aliphatic heterocycles. The van der Waals surface area contributed by atoms with Crippen LogP contribution in [0.25, 0.3) is 6.08 Å². The van der Waals surface area contributed by atoms with Gasteiger partial charge in [0.1, 0.15) is 5.75 Å². The van der Waals surface area contributed by atoms with Gasteiger partial charge in [-0.3, -0.25) is 9.59 Å². The number of nitrogens with zero attached hydrogens (tertiary/aromatic N) is 1. The fourth-order valence-electron chi connectivity index (χ4n) is 2.84. The summed E-state index contributed by atoms with van der Waals surface area (Å²) in [5, 5.41) is 8.59. The number of hydrogen-bond acceptors (Lipinski definition) is 4. The molecule has 0 spiro atoms. The molecule has 0 radical (unpaired) electrons. The van der Waals surface area contributed by atoms with Gasteiger partial charge in [-0.15, -0.1) is 0 Å². The molecular weight excluding hydrogens is 346 g/mol. The average Bonchev–Trinajstić information content (AvgIpc) is 3.11. The van der Waals surface area contributed by atoms with Gasteiger partial charge in [-0.2, -0.15) is 0 Å². The number of carbonyl (C=O) groups is 3. The first-order valence-electron chi connectivity index (χ1n) is 8.60. The topological polar surface area (TPSA) is 83.9 Å². The van der Waals surface area contributed by atoms with E-state index in [9.17, 15) is 14.4 Å². The highest BCUT2D eigenvalue weighted by atomic mass is 16.5. The van der Waals surface area contributed by atoms with Gasteiger partial charge in [-0.05, 0) is 42.3 Å². The maximum absolute atomic E-state index is 12.4. The molecule has 1 fully saturated rings. The summed E-state index contributed by atoms with van der Waals surface area (Å²) in [6.07, 6.45) is 4.53. The molecule has 6 nitrogen and oxygen atoms in total. The van der Waals surface area contributed by atoms with Gasteiger partial charge in [-0.25, -0.2) is 4.79 Å². The SMILES string of the molecule is O=C(O)COc1ccc(C=CC(=O)c2cccc(N3CCCC3=O)c2)cc1. The van der Waals surface area contributed by atoms with Crippen molar-refractivity contribution in [2.45, 2.75) is 12.8 Å². The number of aliphatic carboxylic acids is 1. The zero-order valence-corrected chi connectivity index (χ0v) is 14.6. The van der Waals surface area contributed by atoms with Crippen molar-refractivity contribution in [3.05, 3.63) is 65.7 Å². The van der Waals surface area contributed by atoms with Gasteiger partial charge in [0.25, 0.3) is 0 Å². The van der Waals surface area contributed by atoms with Crippen molar-refractivity contribution in [2.75, 3.05) is 18.1 Å². The third-order valence-electron chi connectivity index (χ3n) is 4.19. The quantitative estimate of drug-likeness (QED) is 0.602. The minimum atomic E-state index is -1.04. The van der Waals surface area contributed by atoms with Crippen LogP contribution in [0.1, 0.15) is 28.8 Å². The van der Waals surface area contributed by atoms with Gasteiger partial charge < -0.3 is 14.7 Å². The van der Waals surface area contributed by atoms with E-state index in [4.69, 9.17) is 9.84 Å². The number of ether oxygens (including phenoxy) is 1. The monoisotopic (exact) mass is 365 g/mol.